The number of carbonyl (C=O) groups is 1. The minimum Gasteiger partial charge on any atom is -0.491 e. The zero-order chi connectivity index (χ0) is 17.8. The Morgan fingerprint density at radius 2 is 1.72 bits per heavy atom. The van der Waals surface area contributed by atoms with Crippen LogP contribution in [0.15, 0.2) is 48.5 Å². The molecule has 0 radical (unpaired) electrons. The Morgan fingerprint density at radius 3 is 2.32 bits per heavy atom. The molecule has 2 aromatic rings. The van der Waals surface area contributed by atoms with Gasteiger partial charge in [-0.15, -0.1) is 0 Å². The quantitative estimate of drug-likeness (QED) is 0.851. The first-order valence-electron chi connectivity index (χ1n) is 8.59. The van der Waals surface area contributed by atoms with Gasteiger partial charge in [-0.2, -0.15) is 0 Å². The Hall–Kier alpha value is -2.56. The first-order chi connectivity index (χ1) is 12.0. The lowest BCUT2D eigenvalue weighted by Gasteiger charge is -2.36. The number of benzene rings is 2. The number of hydrogen-bond donors (Lipinski definition) is 0. The van der Waals surface area contributed by atoms with Gasteiger partial charge in [-0.3, -0.25) is 4.79 Å². The summed E-state index contributed by atoms with van der Waals surface area (Å²) in [7, 11) is 0. The summed E-state index contributed by atoms with van der Waals surface area (Å²) in [5.41, 5.74) is 1.53. The lowest BCUT2D eigenvalue weighted by Crippen LogP contribution is -2.48. The van der Waals surface area contributed by atoms with Crippen LogP contribution >= 0.6 is 0 Å². The van der Waals surface area contributed by atoms with Crippen LogP contribution in [0.5, 0.6) is 5.75 Å². The van der Waals surface area contributed by atoms with Gasteiger partial charge in [0.2, 0.25) is 0 Å². The average Bonchev–Trinajstić information content (AvgIpc) is 2.61. The van der Waals surface area contributed by atoms with Gasteiger partial charge >= 0.3 is 0 Å². The standard InChI is InChI=1S/C20H23FN2O2/c1-15(2)25-19-8-6-18(7-9-19)22-10-12-23(13-11-22)20(24)16-4-3-5-17(21)14-16/h3-9,14-15H,10-13H2,1-2H3. The summed E-state index contributed by atoms with van der Waals surface area (Å²) in [5, 5.41) is 0. The Labute approximate surface area is 147 Å². The van der Waals surface area contributed by atoms with E-state index in [9.17, 15) is 9.18 Å². The van der Waals surface area contributed by atoms with Crippen LogP contribution < -0.4 is 9.64 Å². The second kappa shape index (κ2) is 7.55. The SMILES string of the molecule is CC(C)Oc1ccc(N2CCN(C(=O)c3cccc(F)c3)CC2)cc1. The topological polar surface area (TPSA) is 32.8 Å². The van der Waals surface area contributed by atoms with Crippen LogP contribution in [-0.4, -0.2) is 43.1 Å². The largest absolute Gasteiger partial charge is 0.491 e. The zero-order valence-electron chi connectivity index (χ0n) is 14.6. The van der Waals surface area contributed by atoms with E-state index in [1.54, 1.807) is 17.0 Å². The molecule has 3 rings (SSSR count). The highest BCUT2D eigenvalue weighted by molar-refractivity contribution is 5.94. The van der Waals surface area contributed by atoms with Crippen molar-refractivity contribution >= 4 is 11.6 Å². The van der Waals surface area contributed by atoms with Crippen LogP contribution in [0.2, 0.25) is 0 Å². The maximum atomic E-state index is 13.3. The van der Waals surface area contributed by atoms with Gasteiger partial charge in [-0.25, -0.2) is 4.39 Å². The highest BCUT2D eigenvalue weighted by atomic mass is 19.1. The van der Waals surface area contributed by atoms with E-state index in [1.807, 2.05) is 38.1 Å². The highest BCUT2D eigenvalue weighted by Gasteiger charge is 2.22. The van der Waals surface area contributed by atoms with Crippen molar-refractivity contribution in [2.45, 2.75) is 20.0 Å². The molecule has 2 aromatic carbocycles. The number of carbonyl (C=O) groups excluding carboxylic acids is 1. The molecule has 4 nitrogen and oxygen atoms in total. The molecule has 5 heteroatoms. The van der Waals surface area contributed by atoms with Gasteiger partial charge in [-0.1, -0.05) is 6.07 Å². The van der Waals surface area contributed by atoms with E-state index in [0.717, 1.165) is 24.5 Å². The number of halogens is 1. The van der Waals surface area contributed by atoms with Gasteiger partial charge < -0.3 is 14.5 Å². The zero-order valence-corrected chi connectivity index (χ0v) is 14.6. The van der Waals surface area contributed by atoms with Crippen molar-refractivity contribution in [2.75, 3.05) is 31.1 Å². The molecule has 1 aliphatic heterocycles. The predicted octanol–water partition coefficient (Wildman–Crippen LogP) is 3.58. The number of hydrogen-bond acceptors (Lipinski definition) is 3. The monoisotopic (exact) mass is 342 g/mol. The van der Waals surface area contributed by atoms with Crippen LogP contribution in [0.1, 0.15) is 24.2 Å². The van der Waals surface area contributed by atoms with Crippen LogP contribution in [0, 0.1) is 5.82 Å². The molecule has 132 valence electrons. The number of rotatable bonds is 4. The smallest absolute Gasteiger partial charge is 0.254 e. The minimum atomic E-state index is -0.381. The maximum Gasteiger partial charge on any atom is 0.254 e. The third-order valence-electron chi connectivity index (χ3n) is 4.21. The molecular formula is C20H23FN2O2. The maximum absolute atomic E-state index is 13.3. The Morgan fingerprint density at radius 1 is 1.04 bits per heavy atom. The van der Waals surface area contributed by atoms with Gasteiger partial charge in [0.1, 0.15) is 11.6 Å². The summed E-state index contributed by atoms with van der Waals surface area (Å²) in [6.45, 7) is 6.77. The Balaban J connectivity index is 1.59. The van der Waals surface area contributed by atoms with Crippen LogP contribution in [-0.2, 0) is 0 Å². The van der Waals surface area contributed by atoms with Crippen molar-refractivity contribution in [3.8, 4) is 5.75 Å². The number of anilines is 1. The summed E-state index contributed by atoms with van der Waals surface area (Å²) >= 11 is 0. The summed E-state index contributed by atoms with van der Waals surface area (Å²) in [6, 6.07) is 13.9. The third kappa shape index (κ3) is 4.29. The minimum absolute atomic E-state index is 0.111. The molecule has 0 spiro atoms. The fourth-order valence-corrected chi connectivity index (χ4v) is 2.98. The van der Waals surface area contributed by atoms with Crippen molar-refractivity contribution in [3.63, 3.8) is 0 Å². The van der Waals surface area contributed by atoms with Crippen molar-refractivity contribution in [1.29, 1.82) is 0 Å². The molecule has 1 aliphatic rings. The number of piperazine rings is 1. The molecule has 0 bridgehead atoms. The first kappa shape index (κ1) is 17.3. The first-order valence-corrected chi connectivity index (χ1v) is 8.59. The van der Waals surface area contributed by atoms with Crippen LogP contribution in [0.4, 0.5) is 10.1 Å². The molecule has 0 unspecified atom stereocenters. The number of nitrogens with zero attached hydrogens (tertiary/aromatic N) is 2. The van der Waals surface area contributed by atoms with E-state index < -0.39 is 0 Å². The van der Waals surface area contributed by atoms with Gasteiger partial charge in [-0.05, 0) is 56.3 Å². The van der Waals surface area contributed by atoms with Gasteiger partial charge in [0.15, 0.2) is 0 Å². The molecule has 0 saturated carbocycles. The van der Waals surface area contributed by atoms with Crippen LogP contribution in [0.3, 0.4) is 0 Å². The van der Waals surface area contributed by atoms with E-state index in [1.165, 1.54) is 12.1 Å². The third-order valence-corrected chi connectivity index (χ3v) is 4.21. The fourth-order valence-electron chi connectivity index (χ4n) is 2.98. The molecule has 1 amide bonds. The molecule has 0 N–H and O–H groups in total. The lowest BCUT2D eigenvalue weighted by atomic mass is 10.1. The second-order valence-electron chi connectivity index (χ2n) is 6.45. The fraction of sp³-hybridized carbons (Fsp3) is 0.350. The lowest BCUT2D eigenvalue weighted by molar-refractivity contribution is 0.0746. The second-order valence-corrected chi connectivity index (χ2v) is 6.45. The van der Waals surface area contributed by atoms with Crippen LogP contribution in [0.25, 0.3) is 0 Å². The molecule has 1 saturated heterocycles. The summed E-state index contributed by atoms with van der Waals surface area (Å²) in [4.78, 5) is 16.5. The summed E-state index contributed by atoms with van der Waals surface area (Å²) in [6.07, 6.45) is 0.156. The molecule has 25 heavy (non-hydrogen) atoms. The van der Waals surface area contributed by atoms with E-state index in [4.69, 9.17) is 4.74 Å². The molecule has 0 aliphatic carbocycles. The van der Waals surface area contributed by atoms with Gasteiger partial charge in [0.25, 0.3) is 5.91 Å². The van der Waals surface area contributed by atoms with E-state index >= 15 is 0 Å². The molecule has 0 atom stereocenters. The molecular weight excluding hydrogens is 319 g/mol. The molecule has 0 aromatic heterocycles. The van der Waals surface area contributed by atoms with Crippen molar-refractivity contribution < 1.29 is 13.9 Å². The van der Waals surface area contributed by atoms with Crippen molar-refractivity contribution in [2.24, 2.45) is 0 Å². The number of amides is 1. The summed E-state index contributed by atoms with van der Waals surface area (Å²) in [5.74, 6) is 0.367. The van der Waals surface area contributed by atoms with E-state index in [-0.39, 0.29) is 17.8 Å². The molecule has 1 fully saturated rings. The normalized spacial score (nSPS) is 14.7. The molecule has 1 heterocycles. The Bertz CT molecular complexity index is 723. The number of ether oxygens (including phenoxy) is 1. The highest BCUT2D eigenvalue weighted by Crippen LogP contribution is 2.22. The average molecular weight is 342 g/mol. The van der Waals surface area contributed by atoms with Crippen molar-refractivity contribution in [3.05, 3.63) is 59.9 Å². The summed E-state index contributed by atoms with van der Waals surface area (Å²) < 4.78 is 19.0. The van der Waals surface area contributed by atoms with E-state index in [0.29, 0.717) is 18.7 Å². The Kier molecular flexibility index (Phi) is 5.22. The predicted molar refractivity (Wildman–Crippen MR) is 96.7 cm³/mol. The van der Waals surface area contributed by atoms with E-state index in [2.05, 4.69) is 4.90 Å². The van der Waals surface area contributed by atoms with Crippen molar-refractivity contribution in [1.82, 2.24) is 4.90 Å². The van der Waals surface area contributed by atoms with Gasteiger partial charge in [0.05, 0.1) is 6.10 Å². The van der Waals surface area contributed by atoms with Gasteiger partial charge in [0, 0.05) is 37.4 Å².